The highest BCUT2D eigenvalue weighted by atomic mass is 79.9. The maximum Gasteiger partial charge on any atom is 0.0997 e. The van der Waals surface area contributed by atoms with Crippen molar-refractivity contribution >= 4 is 15.9 Å². The Morgan fingerprint density at radius 3 is 2.84 bits per heavy atom. The van der Waals surface area contributed by atoms with Crippen LogP contribution in [0.2, 0.25) is 0 Å². The van der Waals surface area contributed by atoms with Crippen LogP contribution in [0.25, 0.3) is 0 Å². The van der Waals surface area contributed by atoms with Gasteiger partial charge in [-0.3, -0.25) is 4.90 Å². The highest BCUT2D eigenvalue weighted by Crippen LogP contribution is 2.21. The van der Waals surface area contributed by atoms with Gasteiger partial charge in [0.05, 0.1) is 13.3 Å². The second-order valence-electron chi connectivity index (χ2n) is 5.26. The first kappa shape index (κ1) is 15.0. The van der Waals surface area contributed by atoms with Crippen molar-refractivity contribution in [2.24, 2.45) is 0 Å². The normalized spacial score (nSPS) is 20.6. The number of likely N-dealkylation sites (tertiary alicyclic amines) is 1. The zero-order valence-corrected chi connectivity index (χ0v) is 13.1. The Bertz CT molecular complexity index is 344. The van der Waals surface area contributed by atoms with Crippen molar-refractivity contribution in [3.05, 3.63) is 35.9 Å². The van der Waals surface area contributed by atoms with Crippen LogP contribution in [-0.2, 0) is 11.3 Å². The Kier molecular flexibility index (Phi) is 6.90. The van der Waals surface area contributed by atoms with Crippen LogP contribution < -0.4 is 0 Å². The number of nitrogens with zero attached hydrogens (tertiary/aromatic N) is 1. The fourth-order valence-corrected chi connectivity index (χ4v) is 3.05. The van der Waals surface area contributed by atoms with Crippen molar-refractivity contribution < 1.29 is 4.74 Å². The van der Waals surface area contributed by atoms with E-state index in [1.165, 1.54) is 44.2 Å². The third-order valence-electron chi connectivity index (χ3n) is 3.79. The molecule has 1 heterocycles. The number of hydrogen-bond acceptors (Lipinski definition) is 2. The van der Waals surface area contributed by atoms with Crippen LogP contribution in [0, 0.1) is 0 Å². The molecule has 0 radical (unpaired) electrons. The summed E-state index contributed by atoms with van der Waals surface area (Å²) in [6.07, 6.45) is 6.59. The van der Waals surface area contributed by atoms with Gasteiger partial charge in [0, 0.05) is 17.9 Å². The summed E-state index contributed by atoms with van der Waals surface area (Å²) in [5.74, 6) is 0. The number of ether oxygens (including phenoxy) is 1. The van der Waals surface area contributed by atoms with Crippen molar-refractivity contribution in [1.29, 1.82) is 0 Å². The average molecular weight is 326 g/mol. The molecule has 1 aliphatic heterocycles. The number of benzene rings is 1. The van der Waals surface area contributed by atoms with Crippen molar-refractivity contribution in [3.63, 3.8) is 0 Å². The maximum atomic E-state index is 5.88. The van der Waals surface area contributed by atoms with Gasteiger partial charge in [0.2, 0.25) is 0 Å². The fraction of sp³-hybridized carbons (Fsp3) is 0.625. The number of rotatable bonds is 7. The molecule has 0 bridgehead atoms. The van der Waals surface area contributed by atoms with E-state index in [-0.39, 0.29) is 0 Å². The number of piperidine rings is 1. The quantitative estimate of drug-likeness (QED) is 0.697. The molecular weight excluding hydrogens is 302 g/mol. The summed E-state index contributed by atoms with van der Waals surface area (Å²) in [7, 11) is 0. The van der Waals surface area contributed by atoms with Crippen molar-refractivity contribution in [3.8, 4) is 0 Å². The Labute approximate surface area is 125 Å². The van der Waals surface area contributed by atoms with Gasteiger partial charge in [0.1, 0.15) is 0 Å². The first-order valence-corrected chi connectivity index (χ1v) is 8.44. The first-order valence-electron chi connectivity index (χ1n) is 7.32. The van der Waals surface area contributed by atoms with E-state index in [4.69, 9.17) is 4.74 Å². The van der Waals surface area contributed by atoms with Gasteiger partial charge in [0.25, 0.3) is 0 Å². The molecule has 1 aromatic rings. The van der Waals surface area contributed by atoms with Crippen LogP contribution >= 0.6 is 15.9 Å². The number of hydrogen-bond donors (Lipinski definition) is 0. The molecule has 2 rings (SSSR count). The van der Waals surface area contributed by atoms with Crippen molar-refractivity contribution in [2.45, 2.75) is 44.8 Å². The molecular formula is C16H24BrNO. The maximum absolute atomic E-state index is 5.88. The van der Waals surface area contributed by atoms with Gasteiger partial charge < -0.3 is 4.74 Å². The molecule has 3 heteroatoms. The lowest BCUT2D eigenvalue weighted by molar-refractivity contribution is -0.0194. The largest absolute Gasteiger partial charge is 0.361 e. The Hall–Kier alpha value is -0.380. The Morgan fingerprint density at radius 2 is 2.05 bits per heavy atom. The summed E-state index contributed by atoms with van der Waals surface area (Å²) in [5, 5.41) is 1.11. The second kappa shape index (κ2) is 8.72. The number of halogens is 1. The molecule has 0 amide bonds. The lowest BCUT2D eigenvalue weighted by atomic mass is 9.99. The van der Waals surface area contributed by atoms with Gasteiger partial charge >= 0.3 is 0 Å². The summed E-state index contributed by atoms with van der Waals surface area (Å²) in [4.78, 5) is 2.52. The monoisotopic (exact) mass is 325 g/mol. The van der Waals surface area contributed by atoms with Crippen LogP contribution in [0.5, 0.6) is 0 Å². The zero-order valence-electron chi connectivity index (χ0n) is 11.6. The standard InChI is InChI=1S/C16H24BrNO/c17-11-6-10-16-9-4-5-12-18(16)14-19-13-15-7-2-1-3-8-15/h1-3,7-8,16H,4-6,9-14H2. The van der Waals surface area contributed by atoms with E-state index in [1.54, 1.807) is 0 Å². The highest BCUT2D eigenvalue weighted by Gasteiger charge is 2.21. The minimum atomic E-state index is 0.724. The Morgan fingerprint density at radius 1 is 1.21 bits per heavy atom. The van der Waals surface area contributed by atoms with E-state index in [0.29, 0.717) is 0 Å². The van der Waals surface area contributed by atoms with Crippen LogP contribution in [0.4, 0.5) is 0 Å². The third kappa shape index (κ3) is 5.25. The summed E-state index contributed by atoms with van der Waals surface area (Å²) in [6.45, 7) is 2.70. The summed E-state index contributed by atoms with van der Waals surface area (Å²) < 4.78 is 5.88. The average Bonchev–Trinajstić information content (AvgIpc) is 2.47. The molecule has 2 nitrogen and oxygen atoms in total. The minimum Gasteiger partial charge on any atom is -0.361 e. The third-order valence-corrected chi connectivity index (χ3v) is 4.35. The molecule has 0 aliphatic carbocycles. The molecule has 1 unspecified atom stereocenters. The van der Waals surface area contributed by atoms with E-state index >= 15 is 0 Å². The predicted octanol–water partition coefficient (Wildman–Crippen LogP) is 4.19. The van der Waals surface area contributed by atoms with Crippen LogP contribution in [-0.4, -0.2) is 29.5 Å². The zero-order chi connectivity index (χ0) is 13.3. The molecule has 1 fully saturated rings. The molecule has 1 aliphatic rings. The van der Waals surface area contributed by atoms with Gasteiger partial charge in [-0.1, -0.05) is 52.7 Å². The molecule has 0 aromatic heterocycles. The minimum absolute atomic E-state index is 0.724. The lowest BCUT2D eigenvalue weighted by Crippen LogP contribution is -2.40. The van der Waals surface area contributed by atoms with Crippen molar-refractivity contribution in [2.75, 3.05) is 18.6 Å². The van der Waals surface area contributed by atoms with Crippen molar-refractivity contribution in [1.82, 2.24) is 4.90 Å². The molecule has 0 spiro atoms. The molecule has 19 heavy (non-hydrogen) atoms. The summed E-state index contributed by atoms with van der Waals surface area (Å²) >= 11 is 3.53. The summed E-state index contributed by atoms with van der Waals surface area (Å²) in [5.41, 5.74) is 1.26. The van der Waals surface area contributed by atoms with Crippen LogP contribution in [0.15, 0.2) is 30.3 Å². The van der Waals surface area contributed by atoms with Gasteiger partial charge in [-0.25, -0.2) is 0 Å². The highest BCUT2D eigenvalue weighted by molar-refractivity contribution is 9.09. The van der Waals surface area contributed by atoms with Crippen LogP contribution in [0.3, 0.4) is 0 Å². The molecule has 0 saturated carbocycles. The molecule has 0 N–H and O–H groups in total. The van der Waals surface area contributed by atoms with Gasteiger partial charge in [-0.05, 0) is 31.2 Å². The number of alkyl halides is 1. The van der Waals surface area contributed by atoms with Gasteiger partial charge in [-0.15, -0.1) is 0 Å². The van der Waals surface area contributed by atoms with E-state index in [1.807, 2.05) is 6.07 Å². The van der Waals surface area contributed by atoms with E-state index < -0.39 is 0 Å². The SMILES string of the molecule is BrCCCC1CCCCN1COCc1ccccc1. The molecule has 106 valence electrons. The molecule has 1 atom stereocenters. The van der Waals surface area contributed by atoms with E-state index in [2.05, 4.69) is 45.1 Å². The lowest BCUT2D eigenvalue weighted by Gasteiger charge is -2.35. The molecule has 1 saturated heterocycles. The van der Waals surface area contributed by atoms with Crippen LogP contribution in [0.1, 0.15) is 37.7 Å². The van der Waals surface area contributed by atoms with E-state index in [0.717, 1.165) is 24.7 Å². The van der Waals surface area contributed by atoms with Gasteiger partial charge in [0.15, 0.2) is 0 Å². The smallest absolute Gasteiger partial charge is 0.0997 e. The fourth-order valence-electron chi connectivity index (χ4n) is 2.72. The van der Waals surface area contributed by atoms with E-state index in [9.17, 15) is 0 Å². The first-order chi connectivity index (χ1) is 9.40. The summed E-state index contributed by atoms with van der Waals surface area (Å²) in [6, 6.07) is 11.2. The second-order valence-corrected chi connectivity index (χ2v) is 6.05. The van der Waals surface area contributed by atoms with Gasteiger partial charge in [-0.2, -0.15) is 0 Å². The molecule has 1 aromatic carbocycles. The predicted molar refractivity (Wildman–Crippen MR) is 83.5 cm³/mol. The topological polar surface area (TPSA) is 12.5 Å². The Balaban J connectivity index is 1.73.